The third-order valence-electron chi connectivity index (χ3n) is 6.57. The number of nitrogens with zero attached hydrogens (tertiary/aromatic N) is 5. The minimum atomic E-state index is -2.02. The topological polar surface area (TPSA) is 105 Å². The number of aliphatic hydroxyl groups is 2. The number of hydrogen-bond acceptors (Lipinski definition) is 8. The average Bonchev–Trinajstić information content (AvgIpc) is 2.98. The van der Waals surface area contributed by atoms with Crippen LogP contribution < -0.4 is 10.2 Å². The summed E-state index contributed by atoms with van der Waals surface area (Å²) in [4.78, 5) is 27.4. The fourth-order valence-electron chi connectivity index (χ4n) is 4.77. The number of carbonyl (C=O) groups excluding carboxylic acids is 1. The lowest BCUT2D eigenvalue weighted by Crippen LogP contribution is -2.50. The van der Waals surface area contributed by atoms with Gasteiger partial charge in [0.25, 0.3) is 5.91 Å². The van der Waals surface area contributed by atoms with Gasteiger partial charge >= 0.3 is 0 Å². The molecule has 0 unspecified atom stereocenters. The van der Waals surface area contributed by atoms with Crippen molar-refractivity contribution in [1.29, 1.82) is 0 Å². The summed E-state index contributed by atoms with van der Waals surface area (Å²) in [6, 6.07) is 8.90. The quantitative estimate of drug-likeness (QED) is 0.567. The maximum atomic E-state index is 12.7. The predicted molar refractivity (Wildman–Crippen MR) is 127 cm³/mol. The summed E-state index contributed by atoms with van der Waals surface area (Å²) in [7, 11) is 0. The van der Waals surface area contributed by atoms with E-state index in [4.69, 9.17) is 0 Å². The number of aromatic nitrogens is 2. The molecule has 0 bridgehead atoms. The van der Waals surface area contributed by atoms with Crippen molar-refractivity contribution in [2.45, 2.75) is 44.6 Å². The van der Waals surface area contributed by atoms with Gasteiger partial charge in [-0.1, -0.05) is 13.0 Å². The Balaban J connectivity index is 1.43. The van der Waals surface area contributed by atoms with Gasteiger partial charge in [0.05, 0.1) is 0 Å². The number of nitrogens with one attached hydrogen (secondary N) is 1. The lowest BCUT2D eigenvalue weighted by atomic mass is 10.0. The third-order valence-corrected chi connectivity index (χ3v) is 6.57. The molecule has 0 spiro atoms. The Kier molecular flexibility index (Phi) is 7.54. The van der Waals surface area contributed by atoms with E-state index in [1.165, 1.54) is 11.3 Å². The first-order valence-electron chi connectivity index (χ1n) is 11.8. The zero-order valence-corrected chi connectivity index (χ0v) is 19.2. The van der Waals surface area contributed by atoms with Crippen LogP contribution in [0.5, 0.6) is 0 Å². The van der Waals surface area contributed by atoms with Crippen molar-refractivity contribution in [3.63, 3.8) is 0 Å². The van der Waals surface area contributed by atoms with Crippen LogP contribution in [-0.2, 0) is 0 Å². The summed E-state index contributed by atoms with van der Waals surface area (Å²) < 4.78 is 0. The first-order valence-corrected chi connectivity index (χ1v) is 11.8. The van der Waals surface area contributed by atoms with Crippen LogP contribution in [-0.4, -0.2) is 87.1 Å². The molecule has 33 heavy (non-hydrogen) atoms. The van der Waals surface area contributed by atoms with Gasteiger partial charge in [-0.3, -0.25) is 14.7 Å². The largest absolute Gasteiger partial charge is 0.349 e. The van der Waals surface area contributed by atoms with Crippen LogP contribution >= 0.6 is 0 Å². The lowest BCUT2D eigenvalue weighted by Gasteiger charge is -2.38. The summed E-state index contributed by atoms with van der Waals surface area (Å²) in [5.41, 5.74) is 0.834. The normalized spacial score (nSPS) is 20.4. The fraction of sp³-hybridized carbons (Fsp3) is 0.542. The molecule has 0 radical (unpaired) electrons. The van der Waals surface area contributed by atoms with Gasteiger partial charge in [0.1, 0.15) is 11.5 Å². The van der Waals surface area contributed by atoms with Gasteiger partial charge in [0.15, 0.2) is 0 Å². The van der Waals surface area contributed by atoms with Crippen molar-refractivity contribution in [3.8, 4) is 0 Å². The van der Waals surface area contributed by atoms with Crippen molar-refractivity contribution in [3.05, 3.63) is 48.4 Å². The molecule has 2 aliphatic rings. The summed E-state index contributed by atoms with van der Waals surface area (Å²) in [5, 5.41) is 24.5. The summed E-state index contributed by atoms with van der Waals surface area (Å²) in [5.74, 6) is -2.01. The predicted octanol–water partition coefficient (Wildman–Crippen LogP) is 1.75. The smallest absolute Gasteiger partial charge is 0.274 e. The molecule has 3 N–H and O–H groups in total. The van der Waals surface area contributed by atoms with E-state index in [0.717, 1.165) is 39.0 Å². The Morgan fingerprint density at radius 1 is 1.09 bits per heavy atom. The van der Waals surface area contributed by atoms with Gasteiger partial charge in [-0.25, -0.2) is 4.98 Å². The van der Waals surface area contributed by atoms with Crippen molar-refractivity contribution in [2.75, 3.05) is 49.5 Å². The molecule has 0 saturated carbocycles. The number of anilines is 2. The van der Waals surface area contributed by atoms with Gasteiger partial charge in [-0.05, 0) is 63.2 Å². The molecule has 2 aromatic heterocycles. The zero-order valence-electron chi connectivity index (χ0n) is 19.2. The SMILES string of the molecule is CCCN1CCC(N2CCN(c3cccc(C(=O)Nc4ccncc4)n3)C(O)(O)CC2)CC1. The van der Waals surface area contributed by atoms with Crippen LogP contribution in [0.4, 0.5) is 11.5 Å². The molecule has 178 valence electrons. The first-order chi connectivity index (χ1) is 16.0. The highest BCUT2D eigenvalue weighted by molar-refractivity contribution is 6.03. The van der Waals surface area contributed by atoms with Crippen LogP contribution in [0.2, 0.25) is 0 Å². The van der Waals surface area contributed by atoms with Crippen molar-refractivity contribution < 1.29 is 15.0 Å². The maximum Gasteiger partial charge on any atom is 0.274 e. The van der Waals surface area contributed by atoms with Crippen LogP contribution in [0.25, 0.3) is 0 Å². The molecule has 9 nitrogen and oxygen atoms in total. The monoisotopic (exact) mass is 454 g/mol. The van der Waals surface area contributed by atoms with Crippen LogP contribution in [0.15, 0.2) is 42.7 Å². The molecule has 0 aliphatic carbocycles. The van der Waals surface area contributed by atoms with Crippen LogP contribution in [0.1, 0.15) is 43.1 Å². The molecule has 2 saturated heterocycles. The maximum absolute atomic E-state index is 12.7. The highest BCUT2D eigenvalue weighted by Gasteiger charge is 2.38. The molecular formula is C24H34N6O3. The Morgan fingerprint density at radius 2 is 1.85 bits per heavy atom. The Labute approximate surface area is 195 Å². The fourth-order valence-corrected chi connectivity index (χ4v) is 4.77. The number of rotatable bonds is 6. The number of carbonyl (C=O) groups is 1. The van der Waals surface area contributed by atoms with E-state index >= 15 is 0 Å². The Morgan fingerprint density at radius 3 is 2.58 bits per heavy atom. The molecule has 1 amide bonds. The minimum absolute atomic E-state index is 0.192. The average molecular weight is 455 g/mol. The van der Waals surface area contributed by atoms with E-state index in [1.807, 2.05) is 0 Å². The Bertz CT molecular complexity index is 917. The van der Waals surface area contributed by atoms with Gasteiger partial charge in [0, 0.05) is 50.2 Å². The molecule has 4 heterocycles. The van der Waals surface area contributed by atoms with Gasteiger partial charge in [0.2, 0.25) is 5.91 Å². The minimum Gasteiger partial charge on any atom is -0.349 e. The van der Waals surface area contributed by atoms with Crippen molar-refractivity contribution >= 4 is 17.4 Å². The number of pyridine rings is 2. The molecule has 2 aliphatic heterocycles. The third kappa shape index (κ3) is 5.86. The summed E-state index contributed by atoms with van der Waals surface area (Å²) in [6.45, 7) is 7.30. The van der Waals surface area contributed by atoms with Gasteiger partial charge in [-0.15, -0.1) is 0 Å². The van der Waals surface area contributed by atoms with E-state index in [2.05, 4.69) is 32.0 Å². The second kappa shape index (κ2) is 10.6. The number of likely N-dealkylation sites (tertiary alicyclic amines) is 1. The van der Waals surface area contributed by atoms with E-state index in [0.29, 0.717) is 30.6 Å². The lowest BCUT2D eigenvalue weighted by molar-refractivity contribution is -0.163. The summed E-state index contributed by atoms with van der Waals surface area (Å²) >= 11 is 0. The molecular weight excluding hydrogens is 420 g/mol. The van der Waals surface area contributed by atoms with E-state index < -0.39 is 5.91 Å². The van der Waals surface area contributed by atoms with Gasteiger partial charge < -0.3 is 25.3 Å². The van der Waals surface area contributed by atoms with Crippen molar-refractivity contribution in [1.82, 2.24) is 19.8 Å². The second-order valence-electron chi connectivity index (χ2n) is 8.86. The van der Waals surface area contributed by atoms with Crippen LogP contribution in [0.3, 0.4) is 0 Å². The van der Waals surface area contributed by atoms with E-state index in [-0.39, 0.29) is 18.0 Å². The standard InChI is InChI=1S/C24H34N6O3/c1-2-13-28-14-8-20(9-15-28)29-16-10-24(32,33)30(18-17-29)22-5-3-4-21(27-22)23(31)26-19-6-11-25-12-7-19/h3-7,11-12,20,32-33H,2,8-10,13-18H2,1H3,(H,25,26,31). The molecule has 0 aromatic carbocycles. The first kappa shape index (κ1) is 23.6. The molecule has 4 rings (SSSR count). The highest BCUT2D eigenvalue weighted by atomic mass is 16.5. The van der Waals surface area contributed by atoms with Gasteiger partial charge in [-0.2, -0.15) is 0 Å². The molecule has 9 heteroatoms. The zero-order chi connectivity index (χ0) is 23.3. The van der Waals surface area contributed by atoms with Crippen molar-refractivity contribution in [2.24, 2.45) is 0 Å². The number of amides is 1. The van der Waals surface area contributed by atoms with E-state index in [1.54, 1.807) is 42.7 Å². The number of piperidine rings is 1. The molecule has 2 fully saturated rings. The Hall–Kier alpha value is -2.59. The van der Waals surface area contributed by atoms with Crippen LogP contribution in [0, 0.1) is 0 Å². The second-order valence-corrected chi connectivity index (χ2v) is 8.86. The molecule has 2 aromatic rings. The summed E-state index contributed by atoms with van der Waals surface area (Å²) in [6.07, 6.45) is 6.77. The highest BCUT2D eigenvalue weighted by Crippen LogP contribution is 2.27. The van der Waals surface area contributed by atoms with E-state index in [9.17, 15) is 15.0 Å². The molecule has 0 atom stereocenters. The number of hydrogen-bond donors (Lipinski definition) is 3.